The number of methoxy groups -OCH3 is 1. The summed E-state index contributed by atoms with van der Waals surface area (Å²) in [7, 11) is 1.52. The van der Waals surface area contributed by atoms with Crippen LogP contribution in [0.3, 0.4) is 0 Å². The van der Waals surface area contributed by atoms with Gasteiger partial charge in [-0.3, -0.25) is 9.48 Å². The number of benzene rings is 2. The molecule has 0 saturated carbocycles. The van der Waals surface area contributed by atoms with Gasteiger partial charge in [-0.1, -0.05) is 57.2 Å². The Hall–Kier alpha value is -4.09. The van der Waals surface area contributed by atoms with Gasteiger partial charge >= 0.3 is 5.97 Å². The molecule has 1 aliphatic heterocycles. The number of carboxylic acid groups (broad SMARTS) is 1. The Balaban J connectivity index is 1.63. The minimum absolute atomic E-state index is 0.121. The van der Waals surface area contributed by atoms with Crippen LogP contribution in [0.1, 0.15) is 59.7 Å². The number of hydrogen-bond acceptors (Lipinski definition) is 7. The highest BCUT2D eigenvalue weighted by Gasteiger charge is 2.67. The van der Waals surface area contributed by atoms with Crippen LogP contribution >= 0.6 is 11.3 Å². The minimum atomic E-state index is -2.29. The molecule has 1 aliphatic rings. The molecule has 2 aromatic carbocycles. The van der Waals surface area contributed by atoms with E-state index in [2.05, 4.69) is 10.1 Å². The molecule has 3 atom stereocenters. The highest BCUT2D eigenvalue weighted by Crippen LogP contribution is 2.54. The zero-order valence-electron chi connectivity index (χ0n) is 24.6. The fraction of sp³-hybridized carbons (Fsp3) is 0.375. The molecule has 3 unspecified atom stereocenters. The topological polar surface area (TPSA) is 107 Å². The highest BCUT2D eigenvalue weighted by molar-refractivity contribution is 7.09. The third-order valence-electron chi connectivity index (χ3n) is 7.79. The number of aliphatic carboxylic acids is 1. The van der Waals surface area contributed by atoms with Gasteiger partial charge in [-0.25, -0.2) is 14.2 Å². The smallest absolute Gasteiger partial charge is 0.331 e. The van der Waals surface area contributed by atoms with Crippen molar-refractivity contribution in [3.63, 3.8) is 0 Å². The number of carboxylic acids is 1. The van der Waals surface area contributed by atoms with Crippen molar-refractivity contribution in [1.82, 2.24) is 19.7 Å². The van der Waals surface area contributed by atoms with Crippen LogP contribution in [0, 0.1) is 0 Å². The molecule has 1 amide bonds. The number of alkyl halides is 1. The number of likely N-dealkylation sites (tertiary alicyclic amines) is 1. The predicted molar refractivity (Wildman–Crippen MR) is 160 cm³/mol. The molecule has 5 rings (SSSR count). The van der Waals surface area contributed by atoms with E-state index < -0.39 is 42.2 Å². The van der Waals surface area contributed by atoms with Crippen molar-refractivity contribution in [3.05, 3.63) is 100 Å². The van der Waals surface area contributed by atoms with Gasteiger partial charge in [0.05, 0.1) is 26.9 Å². The fourth-order valence-electron chi connectivity index (χ4n) is 5.83. The van der Waals surface area contributed by atoms with Crippen molar-refractivity contribution in [2.45, 2.75) is 63.0 Å². The Morgan fingerprint density at radius 1 is 1.14 bits per heavy atom. The lowest BCUT2D eigenvalue weighted by molar-refractivity contribution is -0.150. The molecule has 1 N–H and O–H groups in total. The third kappa shape index (κ3) is 5.92. The van der Waals surface area contributed by atoms with E-state index >= 15 is 4.39 Å². The Labute approximate surface area is 253 Å². The summed E-state index contributed by atoms with van der Waals surface area (Å²) < 4.78 is 30.5. The molecule has 9 nitrogen and oxygen atoms in total. The quantitative estimate of drug-likeness (QED) is 0.248. The Bertz CT molecular complexity index is 1560. The number of carbonyl (C=O) groups excluding carboxylic acids is 1. The Morgan fingerprint density at radius 3 is 2.51 bits per heavy atom. The molecule has 4 aromatic rings. The summed E-state index contributed by atoms with van der Waals surface area (Å²) in [5.41, 5.74) is -2.69. The van der Waals surface area contributed by atoms with E-state index in [9.17, 15) is 14.7 Å². The third-order valence-corrected chi connectivity index (χ3v) is 8.62. The van der Waals surface area contributed by atoms with Crippen LogP contribution < -0.4 is 4.74 Å². The van der Waals surface area contributed by atoms with Crippen LogP contribution in [0.5, 0.6) is 5.75 Å². The van der Waals surface area contributed by atoms with Gasteiger partial charge in [0.2, 0.25) is 0 Å². The molecule has 1 fully saturated rings. The van der Waals surface area contributed by atoms with Crippen LogP contribution in [0.2, 0.25) is 0 Å². The number of halogens is 1. The number of rotatable bonds is 10. The fourth-order valence-corrected chi connectivity index (χ4v) is 6.65. The molecule has 2 aromatic heterocycles. The standard InChI is InChI=1S/C32H35FN4O5S/c1-30(2,3)24-12-11-23(17-25(24)41-4)28(38)37-26(27-34-14-16-43-27)31(33,21-42-18-22-9-6-5-7-10-22)19-32(37,29(39)40)20-36-15-8-13-35-36/h5-17,26H,18-21H2,1-4H3,(H,39,40). The molecule has 0 aliphatic carbocycles. The maximum absolute atomic E-state index is 17.5. The zero-order chi connectivity index (χ0) is 30.8. The van der Waals surface area contributed by atoms with Gasteiger partial charge in [0, 0.05) is 36.0 Å². The van der Waals surface area contributed by atoms with Gasteiger partial charge in [0.15, 0.2) is 11.2 Å². The number of aromatic nitrogens is 3. The molecule has 0 spiro atoms. The van der Waals surface area contributed by atoms with Crippen LogP contribution in [0.25, 0.3) is 0 Å². The first-order chi connectivity index (χ1) is 20.5. The number of thiazole rings is 1. The molecule has 1 saturated heterocycles. The summed E-state index contributed by atoms with van der Waals surface area (Å²) in [5, 5.41) is 17.0. The zero-order valence-corrected chi connectivity index (χ0v) is 25.4. The summed E-state index contributed by atoms with van der Waals surface area (Å²) in [4.78, 5) is 33.4. The Kier molecular flexibility index (Phi) is 8.40. The highest BCUT2D eigenvalue weighted by atomic mass is 32.1. The van der Waals surface area contributed by atoms with Crippen molar-refractivity contribution >= 4 is 23.2 Å². The maximum Gasteiger partial charge on any atom is 0.331 e. The van der Waals surface area contributed by atoms with E-state index in [1.165, 1.54) is 24.2 Å². The molecule has 11 heteroatoms. The van der Waals surface area contributed by atoms with E-state index in [-0.39, 0.29) is 29.1 Å². The predicted octanol–water partition coefficient (Wildman–Crippen LogP) is 5.68. The summed E-state index contributed by atoms with van der Waals surface area (Å²) in [5.74, 6) is -1.52. The van der Waals surface area contributed by atoms with Crippen LogP contribution in [-0.2, 0) is 28.1 Å². The first kappa shape index (κ1) is 30.4. The first-order valence-corrected chi connectivity index (χ1v) is 14.8. The minimum Gasteiger partial charge on any atom is -0.496 e. The second-order valence-corrected chi connectivity index (χ2v) is 12.8. The molecular formula is C32H35FN4O5S. The van der Waals surface area contributed by atoms with E-state index in [0.29, 0.717) is 5.75 Å². The molecular weight excluding hydrogens is 571 g/mol. The number of hydrogen-bond donors (Lipinski definition) is 1. The average Bonchev–Trinajstić information content (AvgIpc) is 3.73. The number of ether oxygens (including phenoxy) is 2. The van der Waals surface area contributed by atoms with Crippen molar-refractivity contribution in [1.29, 1.82) is 0 Å². The number of amides is 1. The molecule has 226 valence electrons. The molecule has 0 bridgehead atoms. The second-order valence-electron chi connectivity index (χ2n) is 11.8. The molecule has 3 heterocycles. The van der Waals surface area contributed by atoms with Crippen LogP contribution in [0.15, 0.2) is 78.6 Å². The average molecular weight is 607 g/mol. The summed E-state index contributed by atoms with van der Waals surface area (Å²) in [6.45, 7) is 5.48. The lowest BCUT2D eigenvalue weighted by Crippen LogP contribution is -2.56. The molecule has 43 heavy (non-hydrogen) atoms. The van der Waals surface area contributed by atoms with Gasteiger partial charge < -0.3 is 19.5 Å². The monoisotopic (exact) mass is 606 g/mol. The van der Waals surface area contributed by atoms with Crippen molar-refractivity contribution in [3.8, 4) is 5.75 Å². The van der Waals surface area contributed by atoms with Gasteiger partial charge in [0.1, 0.15) is 16.8 Å². The van der Waals surface area contributed by atoms with E-state index in [4.69, 9.17) is 9.47 Å². The SMILES string of the molecule is COc1cc(C(=O)N2C(c3nccs3)C(F)(COCc3ccccc3)CC2(Cn2cccn2)C(=O)O)ccc1C(C)(C)C. The lowest BCUT2D eigenvalue weighted by Gasteiger charge is -2.37. The first-order valence-electron chi connectivity index (χ1n) is 13.9. The van der Waals surface area contributed by atoms with E-state index in [1.807, 2.05) is 51.1 Å². The van der Waals surface area contributed by atoms with Crippen LogP contribution in [-0.4, -0.2) is 61.6 Å². The lowest BCUT2D eigenvalue weighted by atomic mass is 9.85. The number of carbonyl (C=O) groups is 2. The van der Waals surface area contributed by atoms with Gasteiger partial charge in [-0.05, 0) is 34.7 Å². The largest absolute Gasteiger partial charge is 0.496 e. The van der Waals surface area contributed by atoms with E-state index in [1.54, 1.807) is 35.8 Å². The van der Waals surface area contributed by atoms with E-state index in [0.717, 1.165) is 27.4 Å². The van der Waals surface area contributed by atoms with Gasteiger partial charge in [-0.15, -0.1) is 11.3 Å². The number of nitrogens with zero attached hydrogens (tertiary/aromatic N) is 4. The van der Waals surface area contributed by atoms with Crippen molar-refractivity contribution in [2.24, 2.45) is 0 Å². The second kappa shape index (κ2) is 11.9. The van der Waals surface area contributed by atoms with Crippen LogP contribution in [0.4, 0.5) is 4.39 Å². The van der Waals surface area contributed by atoms with Gasteiger partial charge in [0.25, 0.3) is 5.91 Å². The summed E-state index contributed by atoms with van der Waals surface area (Å²) in [6.07, 6.45) is 4.09. The van der Waals surface area contributed by atoms with Crippen molar-refractivity contribution in [2.75, 3.05) is 13.7 Å². The maximum atomic E-state index is 17.5. The summed E-state index contributed by atoms with van der Waals surface area (Å²) >= 11 is 1.16. The van der Waals surface area contributed by atoms with Gasteiger partial charge in [-0.2, -0.15) is 5.10 Å². The normalized spacial score (nSPS) is 22.1. The van der Waals surface area contributed by atoms with Crippen molar-refractivity contribution < 1.29 is 28.6 Å². The molecule has 0 radical (unpaired) electrons. The summed E-state index contributed by atoms with van der Waals surface area (Å²) in [6, 6.07) is 14.6. The Morgan fingerprint density at radius 2 is 1.91 bits per heavy atom.